The van der Waals surface area contributed by atoms with Crippen molar-refractivity contribution in [3.63, 3.8) is 0 Å². The number of nitrogens with one attached hydrogen (secondary N) is 1. The van der Waals surface area contributed by atoms with Gasteiger partial charge in [-0.3, -0.25) is 4.90 Å². The van der Waals surface area contributed by atoms with E-state index in [1.807, 2.05) is 0 Å². The van der Waals surface area contributed by atoms with E-state index in [1.165, 1.54) is 5.56 Å². The molecule has 0 unspecified atom stereocenters. The molecule has 0 bridgehead atoms. The molecule has 0 radical (unpaired) electrons. The maximum atomic E-state index is 5.36. The summed E-state index contributed by atoms with van der Waals surface area (Å²) >= 11 is 0. The first-order valence-corrected chi connectivity index (χ1v) is 7.20. The summed E-state index contributed by atoms with van der Waals surface area (Å²) in [4.78, 5) is 6.82. The second-order valence-electron chi connectivity index (χ2n) is 5.09. The van der Waals surface area contributed by atoms with Crippen molar-refractivity contribution < 1.29 is 4.52 Å². The molecule has 1 aromatic carbocycles. The van der Waals surface area contributed by atoms with Crippen LogP contribution >= 0.6 is 24.8 Å². The SMILES string of the molecule is CCc1ccc(-c2noc(CN3CCNCC3)n2)cc1.Cl.Cl. The van der Waals surface area contributed by atoms with Crippen LogP contribution in [0.2, 0.25) is 0 Å². The third kappa shape index (κ3) is 4.68. The van der Waals surface area contributed by atoms with Gasteiger partial charge in [-0.1, -0.05) is 36.3 Å². The summed E-state index contributed by atoms with van der Waals surface area (Å²) in [6, 6.07) is 8.33. The topological polar surface area (TPSA) is 54.2 Å². The Balaban J connectivity index is 0.00000121. The summed E-state index contributed by atoms with van der Waals surface area (Å²) < 4.78 is 5.36. The standard InChI is InChI=1S/C15H20N4O.2ClH/c1-2-12-3-5-13(6-4-12)15-17-14(20-18-15)11-19-9-7-16-8-10-19;;/h3-6,16H,2,7-11H2,1H3;2*1H. The van der Waals surface area contributed by atoms with Crippen LogP contribution in [0.4, 0.5) is 0 Å². The van der Waals surface area contributed by atoms with Gasteiger partial charge in [0.15, 0.2) is 0 Å². The molecule has 1 fully saturated rings. The lowest BCUT2D eigenvalue weighted by molar-refractivity contribution is 0.203. The first kappa shape index (κ1) is 18.9. The fourth-order valence-electron chi connectivity index (χ4n) is 2.39. The van der Waals surface area contributed by atoms with E-state index in [2.05, 4.69) is 51.5 Å². The average molecular weight is 345 g/mol. The number of piperazine rings is 1. The predicted octanol–water partition coefficient (Wildman–Crippen LogP) is 2.55. The normalized spacial score (nSPS) is 15.0. The number of benzene rings is 1. The molecule has 0 amide bonds. The zero-order valence-corrected chi connectivity index (χ0v) is 14.3. The fraction of sp³-hybridized carbons (Fsp3) is 0.467. The van der Waals surface area contributed by atoms with Crippen LogP contribution in [-0.4, -0.2) is 41.2 Å². The minimum atomic E-state index is 0. The van der Waals surface area contributed by atoms with E-state index in [0.29, 0.717) is 11.7 Å². The van der Waals surface area contributed by atoms with Crippen LogP contribution in [0, 0.1) is 0 Å². The van der Waals surface area contributed by atoms with Crippen LogP contribution in [0.15, 0.2) is 28.8 Å². The Morgan fingerprint density at radius 3 is 2.45 bits per heavy atom. The van der Waals surface area contributed by atoms with Crippen molar-refractivity contribution in [2.75, 3.05) is 26.2 Å². The highest BCUT2D eigenvalue weighted by Gasteiger charge is 2.14. The second kappa shape index (κ2) is 9.10. The summed E-state index contributed by atoms with van der Waals surface area (Å²) in [5.74, 6) is 1.37. The van der Waals surface area contributed by atoms with Crippen molar-refractivity contribution in [2.24, 2.45) is 0 Å². The van der Waals surface area contributed by atoms with Crippen LogP contribution in [0.1, 0.15) is 18.4 Å². The molecule has 5 nitrogen and oxygen atoms in total. The van der Waals surface area contributed by atoms with Crippen LogP contribution < -0.4 is 5.32 Å². The second-order valence-corrected chi connectivity index (χ2v) is 5.09. The Labute approximate surface area is 143 Å². The lowest BCUT2D eigenvalue weighted by Crippen LogP contribution is -2.42. The number of aromatic nitrogens is 2. The van der Waals surface area contributed by atoms with Crippen LogP contribution in [0.5, 0.6) is 0 Å². The highest BCUT2D eigenvalue weighted by atomic mass is 35.5. The Morgan fingerprint density at radius 1 is 1.14 bits per heavy atom. The van der Waals surface area contributed by atoms with Crippen LogP contribution in [0.3, 0.4) is 0 Å². The third-order valence-electron chi connectivity index (χ3n) is 3.66. The molecule has 22 heavy (non-hydrogen) atoms. The van der Waals surface area contributed by atoms with Gasteiger partial charge in [-0.05, 0) is 12.0 Å². The predicted molar refractivity (Wildman–Crippen MR) is 91.8 cm³/mol. The highest BCUT2D eigenvalue weighted by molar-refractivity contribution is 5.85. The summed E-state index contributed by atoms with van der Waals surface area (Å²) in [6.07, 6.45) is 1.04. The molecule has 3 rings (SSSR count). The van der Waals surface area contributed by atoms with Crippen molar-refractivity contribution in [3.8, 4) is 11.4 Å². The number of hydrogen-bond acceptors (Lipinski definition) is 5. The van der Waals surface area contributed by atoms with Gasteiger partial charge in [0, 0.05) is 31.7 Å². The van der Waals surface area contributed by atoms with E-state index in [0.717, 1.165) is 44.7 Å². The Kier molecular flexibility index (Phi) is 7.82. The molecule has 1 saturated heterocycles. The molecule has 2 aromatic rings. The molecule has 0 spiro atoms. The monoisotopic (exact) mass is 344 g/mol. The number of aryl methyl sites for hydroxylation is 1. The van der Waals surface area contributed by atoms with Crippen molar-refractivity contribution in [1.29, 1.82) is 0 Å². The number of hydrogen-bond donors (Lipinski definition) is 1. The van der Waals surface area contributed by atoms with Gasteiger partial charge in [0.1, 0.15) is 0 Å². The summed E-state index contributed by atoms with van der Waals surface area (Å²) in [5, 5.41) is 7.41. The molecule has 1 aromatic heterocycles. The van der Waals surface area contributed by atoms with E-state index in [-0.39, 0.29) is 24.8 Å². The largest absolute Gasteiger partial charge is 0.338 e. The average Bonchev–Trinajstić information content (AvgIpc) is 2.97. The summed E-state index contributed by atoms with van der Waals surface area (Å²) in [6.45, 7) is 7.00. The van der Waals surface area contributed by atoms with E-state index in [1.54, 1.807) is 0 Å². The molecular weight excluding hydrogens is 323 g/mol. The molecular formula is C15H22Cl2N4O. The van der Waals surface area contributed by atoms with Gasteiger partial charge < -0.3 is 9.84 Å². The quantitative estimate of drug-likeness (QED) is 0.923. The fourth-order valence-corrected chi connectivity index (χ4v) is 2.39. The molecule has 7 heteroatoms. The molecule has 2 heterocycles. The van der Waals surface area contributed by atoms with E-state index in [9.17, 15) is 0 Å². The van der Waals surface area contributed by atoms with Crippen molar-refractivity contribution in [3.05, 3.63) is 35.7 Å². The molecule has 0 atom stereocenters. The van der Waals surface area contributed by atoms with Gasteiger partial charge >= 0.3 is 0 Å². The first-order valence-electron chi connectivity index (χ1n) is 7.20. The van der Waals surface area contributed by atoms with E-state index in [4.69, 9.17) is 4.52 Å². The number of halogens is 2. The number of rotatable bonds is 4. The first-order chi connectivity index (χ1) is 9.85. The maximum Gasteiger partial charge on any atom is 0.241 e. The van der Waals surface area contributed by atoms with Gasteiger partial charge in [-0.25, -0.2) is 0 Å². The molecule has 0 aliphatic carbocycles. The van der Waals surface area contributed by atoms with Crippen molar-refractivity contribution >= 4 is 24.8 Å². The van der Waals surface area contributed by atoms with E-state index < -0.39 is 0 Å². The van der Waals surface area contributed by atoms with Gasteiger partial charge in [-0.15, -0.1) is 24.8 Å². The Hall–Kier alpha value is -1.14. The zero-order valence-electron chi connectivity index (χ0n) is 12.6. The minimum Gasteiger partial charge on any atom is -0.338 e. The third-order valence-corrected chi connectivity index (χ3v) is 3.66. The van der Waals surface area contributed by atoms with Crippen LogP contribution in [0.25, 0.3) is 11.4 Å². The summed E-state index contributed by atoms with van der Waals surface area (Å²) in [5.41, 5.74) is 2.33. The zero-order chi connectivity index (χ0) is 13.8. The lowest BCUT2D eigenvalue weighted by Gasteiger charge is -2.25. The number of nitrogens with zero attached hydrogens (tertiary/aromatic N) is 3. The van der Waals surface area contributed by atoms with Gasteiger partial charge in [0.05, 0.1) is 6.54 Å². The van der Waals surface area contributed by atoms with Gasteiger partial charge in [-0.2, -0.15) is 4.98 Å². The minimum absolute atomic E-state index is 0. The summed E-state index contributed by atoms with van der Waals surface area (Å²) in [7, 11) is 0. The van der Waals surface area contributed by atoms with Gasteiger partial charge in [0.25, 0.3) is 0 Å². The maximum absolute atomic E-state index is 5.36. The molecule has 1 N–H and O–H groups in total. The van der Waals surface area contributed by atoms with Gasteiger partial charge in [0.2, 0.25) is 11.7 Å². The smallest absolute Gasteiger partial charge is 0.241 e. The Morgan fingerprint density at radius 2 is 1.82 bits per heavy atom. The molecule has 1 aliphatic rings. The lowest BCUT2D eigenvalue weighted by atomic mass is 10.1. The molecule has 0 saturated carbocycles. The van der Waals surface area contributed by atoms with Crippen molar-refractivity contribution in [1.82, 2.24) is 20.4 Å². The molecule has 122 valence electrons. The van der Waals surface area contributed by atoms with E-state index >= 15 is 0 Å². The Bertz CT molecular complexity index is 553. The van der Waals surface area contributed by atoms with Crippen molar-refractivity contribution in [2.45, 2.75) is 19.9 Å². The molecule has 1 aliphatic heterocycles. The van der Waals surface area contributed by atoms with Crippen LogP contribution in [-0.2, 0) is 13.0 Å². The highest BCUT2D eigenvalue weighted by Crippen LogP contribution is 2.17.